The van der Waals surface area contributed by atoms with E-state index in [1.165, 1.54) is 24.0 Å². The fourth-order valence-corrected chi connectivity index (χ4v) is 2.59. The zero-order valence-electron chi connectivity index (χ0n) is 9.91. The molecule has 0 aliphatic heterocycles. The zero-order valence-corrected chi connectivity index (χ0v) is 9.91. The Morgan fingerprint density at radius 3 is 2.76 bits per heavy atom. The van der Waals surface area contributed by atoms with Gasteiger partial charge in [-0.3, -0.25) is 4.79 Å². The van der Waals surface area contributed by atoms with E-state index in [9.17, 15) is 9.90 Å². The first-order valence-corrected chi connectivity index (χ1v) is 6.23. The molecule has 0 aromatic heterocycles. The van der Waals surface area contributed by atoms with Crippen LogP contribution in [0.5, 0.6) is 5.75 Å². The lowest BCUT2D eigenvalue weighted by atomic mass is 9.86. The number of phenolic OH excluding ortho intramolecular Hbond substituents is 1. The van der Waals surface area contributed by atoms with E-state index in [0.717, 1.165) is 18.4 Å². The Morgan fingerprint density at radius 2 is 2.00 bits per heavy atom. The maximum Gasteiger partial charge on any atom is 0.303 e. The van der Waals surface area contributed by atoms with Crippen LogP contribution in [0.2, 0.25) is 0 Å². The highest BCUT2D eigenvalue weighted by Gasteiger charge is 2.16. The summed E-state index contributed by atoms with van der Waals surface area (Å²) in [5.41, 5.74) is 3.57. The van der Waals surface area contributed by atoms with Gasteiger partial charge in [0.25, 0.3) is 0 Å². The molecule has 0 unspecified atom stereocenters. The summed E-state index contributed by atoms with van der Waals surface area (Å²) in [6, 6.07) is 3.75. The number of carboxylic acids is 1. The molecule has 0 heterocycles. The normalized spacial score (nSPS) is 14.4. The molecule has 1 aliphatic carbocycles. The molecule has 1 aromatic rings. The third-order valence-electron chi connectivity index (χ3n) is 3.44. The standard InChI is InChI=1S/C14H18O3/c15-13-9-8-10-4-1-2-5-11(10)12(13)6-3-7-14(16)17/h8-9,15H,1-7H2,(H,16,17). The third kappa shape index (κ3) is 2.78. The van der Waals surface area contributed by atoms with Crippen molar-refractivity contribution in [1.29, 1.82) is 0 Å². The highest BCUT2D eigenvalue weighted by atomic mass is 16.4. The SMILES string of the molecule is O=C(O)CCCc1c(O)ccc2c1CCCC2. The number of aromatic hydroxyl groups is 1. The fraction of sp³-hybridized carbons (Fsp3) is 0.500. The minimum Gasteiger partial charge on any atom is -0.508 e. The van der Waals surface area contributed by atoms with Crippen LogP contribution < -0.4 is 0 Å². The molecule has 2 N–H and O–H groups in total. The van der Waals surface area contributed by atoms with Crippen molar-refractivity contribution in [2.75, 3.05) is 0 Å². The van der Waals surface area contributed by atoms with Gasteiger partial charge in [-0.05, 0) is 61.3 Å². The number of phenols is 1. The number of aliphatic carboxylic acids is 1. The first-order valence-electron chi connectivity index (χ1n) is 6.23. The van der Waals surface area contributed by atoms with Gasteiger partial charge in [-0.25, -0.2) is 0 Å². The second-order valence-corrected chi connectivity index (χ2v) is 4.66. The lowest BCUT2D eigenvalue weighted by molar-refractivity contribution is -0.137. The number of carboxylic acid groups (broad SMARTS) is 1. The van der Waals surface area contributed by atoms with E-state index < -0.39 is 5.97 Å². The van der Waals surface area contributed by atoms with Crippen LogP contribution in [-0.2, 0) is 24.1 Å². The van der Waals surface area contributed by atoms with Crippen LogP contribution in [-0.4, -0.2) is 16.2 Å². The van der Waals surface area contributed by atoms with Gasteiger partial charge in [0, 0.05) is 6.42 Å². The van der Waals surface area contributed by atoms with Crippen molar-refractivity contribution in [3.8, 4) is 5.75 Å². The molecule has 0 amide bonds. The number of hydrogen-bond acceptors (Lipinski definition) is 2. The summed E-state index contributed by atoms with van der Waals surface area (Å²) >= 11 is 0. The summed E-state index contributed by atoms with van der Waals surface area (Å²) in [5.74, 6) is -0.440. The van der Waals surface area contributed by atoms with Crippen molar-refractivity contribution in [3.63, 3.8) is 0 Å². The molecule has 3 nitrogen and oxygen atoms in total. The van der Waals surface area contributed by atoms with Crippen LogP contribution in [0.3, 0.4) is 0 Å². The maximum atomic E-state index is 10.5. The Balaban J connectivity index is 2.16. The van der Waals surface area contributed by atoms with Crippen LogP contribution in [0.1, 0.15) is 42.4 Å². The van der Waals surface area contributed by atoms with Crippen molar-refractivity contribution in [2.24, 2.45) is 0 Å². The van der Waals surface area contributed by atoms with Crippen molar-refractivity contribution < 1.29 is 15.0 Å². The summed E-state index contributed by atoms with van der Waals surface area (Å²) in [5, 5.41) is 18.5. The molecule has 92 valence electrons. The first-order chi connectivity index (χ1) is 8.18. The second-order valence-electron chi connectivity index (χ2n) is 4.66. The third-order valence-corrected chi connectivity index (χ3v) is 3.44. The number of benzene rings is 1. The summed E-state index contributed by atoms with van der Waals surface area (Å²) in [6.07, 6.45) is 5.92. The average molecular weight is 234 g/mol. The smallest absolute Gasteiger partial charge is 0.303 e. The predicted molar refractivity (Wildman–Crippen MR) is 65.3 cm³/mol. The van der Waals surface area contributed by atoms with Crippen LogP contribution in [0.25, 0.3) is 0 Å². The Bertz CT molecular complexity index is 424. The Labute approximate surface area is 101 Å². The molecule has 0 spiro atoms. The van der Waals surface area contributed by atoms with Crippen molar-refractivity contribution in [2.45, 2.75) is 44.9 Å². The van der Waals surface area contributed by atoms with E-state index in [4.69, 9.17) is 5.11 Å². The van der Waals surface area contributed by atoms with E-state index in [-0.39, 0.29) is 6.42 Å². The van der Waals surface area contributed by atoms with Gasteiger partial charge in [0.1, 0.15) is 5.75 Å². The number of carbonyl (C=O) groups is 1. The van der Waals surface area contributed by atoms with E-state index >= 15 is 0 Å². The lowest BCUT2D eigenvalue weighted by Gasteiger charge is -2.20. The molecule has 0 fully saturated rings. The van der Waals surface area contributed by atoms with Gasteiger partial charge < -0.3 is 10.2 Å². The molecule has 0 atom stereocenters. The van der Waals surface area contributed by atoms with Crippen molar-refractivity contribution in [3.05, 3.63) is 28.8 Å². The number of aryl methyl sites for hydroxylation is 1. The number of hydrogen-bond donors (Lipinski definition) is 2. The van der Waals surface area contributed by atoms with Gasteiger partial charge in [0.05, 0.1) is 0 Å². The van der Waals surface area contributed by atoms with E-state index in [0.29, 0.717) is 18.6 Å². The molecule has 0 saturated heterocycles. The Hall–Kier alpha value is -1.51. The maximum absolute atomic E-state index is 10.5. The highest BCUT2D eigenvalue weighted by Crippen LogP contribution is 2.31. The van der Waals surface area contributed by atoms with E-state index in [1.54, 1.807) is 6.07 Å². The van der Waals surface area contributed by atoms with Crippen molar-refractivity contribution >= 4 is 5.97 Å². The quantitative estimate of drug-likeness (QED) is 0.842. The molecule has 1 aromatic carbocycles. The highest BCUT2D eigenvalue weighted by molar-refractivity contribution is 5.66. The first kappa shape index (κ1) is 12.0. The van der Waals surface area contributed by atoms with Gasteiger partial charge >= 0.3 is 5.97 Å². The van der Waals surface area contributed by atoms with E-state index in [1.807, 2.05) is 6.07 Å². The average Bonchev–Trinajstić information content (AvgIpc) is 2.32. The van der Waals surface area contributed by atoms with Crippen LogP contribution in [0, 0.1) is 0 Å². The van der Waals surface area contributed by atoms with E-state index in [2.05, 4.69) is 0 Å². The minimum atomic E-state index is -0.769. The fourth-order valence-electron chi connectivity index (χ4n) is 2.59. The monoisotopic (exact) mass is 234 g/mol. The molecule has 17 heavy (non-hydrogen) atoms. The predicted octanol–water partition coefficient (Wildman–Crippen LogP) is 2.68. The van der Waals surface area contributed by atoms with Crippen molar-refractivity contribution in [1.82, 2.24) is 0 Å². The minimum absolute atomic E-state index is 0.170. The lowest BCUT2D eigenvalue weighted by Crippen LogP contribution is -2.07. The largest absolute Gasteiger partial charge is 0.508 e. The molecular weight excluding hydrogens is 216 g/mol. The molecule has 1 aliphatic rings. The molecule has 0 radical (unpaired) electrons. The Morgan fingerprint density at radius 1 is 1.24 bits per heavy atom. The van der Waals surface area contributed by atoms with Gasteiger partial charge in [-0.15, -0.1) is 0 Å². The molecule has 2 rings (SSSR count). The van der Waals surface area contributed by atoms with Gasteiger partial charge in [0.2, 0.25) is 0 Å². The summed E-state index contributed by atoms with van der Waals surface area (Å²) in [4.78, 5) is 10.5. The van der Waals surface area contributed by atoms with Crippen LogP contribution in [0.15, 0.2) is 12.1 Å². The van der Waals surface area contributed by atoms with Gasteiger partial charge in [-0.1, -0.05) is 6.07 Å². The summed E-state index contributed by atoms with van der Waals surface area (Å²) in [6.45, 7) is 0. The number of rotatable bonds is 4. The summed E-state index contributed by atoms with van der Waals surface area (Å²) in [7, 11) is 0. The second kappa shape index (κ2) is 5.21. The van der Waals surface area contributed by atoms with Gasteiger partial charge in [0.15, 0.2) is 0 Å². The summed E-state index contributed by atoms with van der Waals surface area (Å²) < 4.78 is 0. The molecule has 3 heteroatoms. The molecular formula is C14H18O3. The van der Waals surface area contributed by atoms with Crippen LogP contribution in [0.4, 0.5) is 0 Å². The zero-order chi connectivity index (χ0) is 12.3. The molecule has 0 bridgehead atoms. The number of fused-ring (bicyclic) bond motifs is 1. The van der Waals surface area contributed by atoms with Crippen LogP contribution >= 0.6 is 0 Å². The Kier molecular flexibility index (Phi) is 3.67. The van der Waals surface area contributed by atoms with Gasteiger partial charge in [-0.2, -0.15) is 0 Å². The molecule has 0 saturated carbocycles. The topological polar surface area (TPSA) is 57.5 Å².